The number of carbonyl (C=O) groups is 2. The van der Waals surface area contributed by atoms with Gasteiger partial charge in [0.25, 0.3) is 0 Å². The number of carbonyl (C=O) groups excluding carboxylic acids is 2. The minimum atomic E-state index is -0.246. The molecule has 6 heteroatoms. The van der Waals surface area contributed by atoms with Gasteiger partial charge in [0.15, 0.2) is 0 Å². The summed E-state index contributed by atoms with van der Waals surface area (Å²) in [6.45, 7) is 1.17. The molecule has 2 aromatic rings. The van der Waals surface area contributed by atoms with Crippen LogP contribution in [0.3, 0.4) is 0 Å². The third kappa shape index (κ3) is 4.55. The van der Waals surface area contributed by atoms with Crippen molar-refractivity contribution in [1.82, 2.24) is 14.7 Å². The Morgan fingerprint density at radius 3 is 2.50 bits per heavy atom. The Hall–Kier alpha value is -3.14. The summed E-state index contributed by atoms with van der Waals surface area (Å²) in [5, 5.41) is 9.97. The molecular formula is C26H29N3O3. The Morgan fingerprint density at radius 1 is 1.12 bits per heavy atom. The summed E-state index contributed by atoms with van der Waals surface area (Å²) in [6, 6.07) is 17.3. The van der Waals surface area contributed by atoms with Gasteiger partial charge < -0.3 is 14.9 Å². The van der Waals surface area contributed by atoms with Crippen LogP contribution in [0.25, 0.3) is 0 Å². The van der Waals surface area contributed by atoms with E-state index in [1.807, 2.05) is 73.6 Å². The molecule has 3 atom stereocenters. The predicted octanol–water partition coefficient (Wildman–Crippen LogP) is 1.34. The third-order valence-corrected chi connectivity index (χ3v) is 6.23. The van der Waals surface area contributed by atoms with Gasteiger partial charge in [0, 0.05) is 18.0 Å². The second-order valence-corrected chi connectivity index (χ2v) is 8.74. The fraction of sp³-hybridized carbons (Fsp3) is 0.385. The SMILES string of the molecule is CN(C)CC#Cc1ccc([C@@H]2[C@H](CO)N3C(=O)CN(C(=O)Cc4ccccc4)C[C@@H]23)cc1. The summed E-state index contributed by atoms with van der Waals surface area (Å²) in [4.78, 5) is 31.1. The molecule has 2 aromatic carbocycles. The molecule has 2 saturated heterocycles. The molecule has 0 saturated carbocycles. The number of hydrogen-bond donors (Lipinski definition) is 1. The lowest BCUT2D eigenvalue weighted by Gasteiger charge is -2.58. The maximum atomic E-state index is 12.9. The number of benzene rings is 2. The van der Waals surface area contributed by atoms with E-state index in [9.17, 15) is 14.7 Å². The second kappa shape index (κ2) is 9.56. The maximum absolute atomic E-state index is 12.9. The van der Waals surface area contributed by atoms with Crippen LogP contribution in [0.15, 0.2) is 54.6 Å². The molecule has 2 heterocycles. The molecule has 0 aromatic heterocycles. The molecule has 2 aliphatic heterocycles. The van der Waals surface area contributed by atoms with Gasteiger partial charge in [-0.15, -0.1) is 0 Å². The topological polar surface area (TPSA) is 64.1 Å². The number of hydrogen-bond acceptors (Lipinski definition) is 4. The van der Waals surface area contributed by atoms with Gasteiger partial charge in [-0.1, -0.05) is 54.3 Å². The third-order valence-electron chi connectivity index (χ3n) is 6.23. The first-order valence-electron chi connectivity index (χ1n) is 10.9. The summed E-state index contributed by atoms with van der Waals surface area (Å²) >= 11 is 0. The second-order valence-electron chi connectivity index (χ2n) is 8.74. The number of rotatable bonds is 5. The minimum Gasteiger partial charge on any atom is -0.394 e. The molecule has 2 fully saturated rings. The van der Waals surface area contributed by atoms with Crippen molar-refractivity contribution in [2.75, 3.05) is 40.3 Å². The van der Waals surface area contributed by atoms with Gasteiger partial charge in [-0.2, -0.15) is 0 Å². The van der Waals surface area contributed by atoms with E-state index in [0.29, 0.717) is 13.1 Å². The van der Waals surface area contributed by atoms with Gasteiger partial charge in [-0.05, 0) is 37.4 Å². The van der Waals surface area contributed by atoms with Gasteiger partial charge in [0.2, 0.25) is 11.8 Å². The molecular weight excluding hydrogens is 402 g/mol. The van der Waals surface area contributed by atoms with Gasteiger partial charge in [-0.3, -0.25) is 14.5 Å². The van der Waals surface area contributed by atoms with Crippen molar-refractivity contribution in [2.24, 2.45) is 0 Å². The van der Waals surface area contributed by atoms with E-state index in [1.165, 1.54) is 0 Å². The van der Waals surface area contributed by atoms with Crippen molar-refractivity contribution in [3.63, 3.8) is 0 Å². The summed E-state index contributed by atoms with van der Waals surface area (Å²) in [5.41, 5.74) is 2.94. The van der Waals surface area contributed by atoms with Crippen LogP contribution >= 0.6 is 0 Å². The summed E-state index contributed by atoms with van der Waals surface area (Å²) in [7, 11) is 3.96. The zero-order valence-electron chi connectivity index (χ0n) is 18.6. The van der Waals surface area contributed by atoms with Crippen LogP contribution < -0.4 is 0 Å². The molecule has 0 spiro atoms. The van der Waals surface area contributed by atoms with Crippen molar-refractivity contribution in [2.45, 2.75) is 24.4 Å². The Morgan fingerprint density at radius 2 is 1.84 bits per heavy atom. The van der Waals surface area contributed by atoms with Crippen LogP contribution in [0.5, 0.6) is 0 Å². The Balaban J connectivity index is 1.48. The van der Waals surface area contributed by atoms with Crippen LogP contribution in [0.2, 0.25) is 0 Å². The van der Waals surface area contributed by atoms with Crippen molar-refractivity contribution in [3.05, 3.63) is 71.3 Å². The number of fused-ring (bicyclic) bond motifs is 1. The molecule has 2 aliphatic rings. The van der Waals surface area contributed by atoms with Crippen LogP contribution in [-0.4, -0.2) is 84.0 Å². The van der Waals surface area contributed by atoms with E-state index < -0.39 is 0 Å². The zero-order valence-corrected chi connectivity index (χ0v) is 18.6. The lowest BCUT2D eigenvalue weighted by molar-refractivity contribution is -0.166. The summed E-state index contributed by atoms with van der Waals surface area (Å²) in [6.07, 6.45) is 0.287. The number of aliphatic hydroxyl groups is 1. The molecule has 0 bridgehead atoms. The molecule has 1 N–H and O–H groups in total. The van der Waals surface area contributed by atoms with E-state index >= 15 is 0 Å². The lowest BCUT2D eigenvalue weighted by atomic mass is 9.73. The van der Waals surface area contributed by atoms with E-state index in [4.69, 9.17) is 0 Å². The Kier molecular flexibility index (Phi) is 6.59. The quantitative estimate of drug-likeness (QED) is 0.726. The molecule has 32 heavy (non-hydrogen) atoms. The van der Waals surface area contributed by atoms with Crippen LogP contribution in [0.1, 0.15) is 22.6 Å². The average molecular weight is 432 g/mol. The van der Waals surface area contributed by atoms with E-state index in [-0.39, 0.29) is 49.4 Å². The largest absolute Gasteiger partial charge is 0.394 e. The van der Waals surface area contributed by atoms with E-state index in [0.717, 1.165) is 16.7 Å². The standard InChI is InChI=1S/C26H29N3O3/c1-27(2)14-6-9-19-10-12-21(13-11-19)26-22-16-28(17-25(32)29(22)23(26)18-30)24(31)15-20-7-4-3-5-8-20/h3-5,7-8,10-13,22-23,26,30H,14-18H2,1-2H3/t22-,23-,26-/m0/s1. The first-order valence-corrected chi connectivity index (χ1v) is 10.9. The highest BCUT2D eigenvalue weighted by Gasteiger charge is 2.54. The van der Waals surface area contributed by atoms with Crippen molar-refractivity contribution in [1.29, 1.82) is 0 Å². The fourth-order valence-corrected chi connectivity index (χ4v) is 4.66. The molecule has 0 unspecified atom stereocenters. The maximum Gasteiger partial charge on any atom is 0.242 e. The normalized spacial score (nSPS) is 22.1. The lowest BCUT2D eigenvalue weighted by Crippen LogP contribution is -2.73. The minimum absolute atomic E-state index is 0.0000552. The highest BCUT2D eigenvalue weighted by atomic mass is 16.3. The van der Waals surface area contributed by atoms with E-state index in [1.54, 1.807) is 9.80 Å². The summed E-state index contributed by atoms with van der Waals surface area (Å²) in [5.74, 6) is 6.15. The molecule has 0 aliphatic carbocycles. The van der Waals surface area contributed by atoms with Gasteiger partial charge in [-0.25, -0.2) is 0 Å². The Bertz CT molecular complexity index is 1020. The van der Waals surface area contributed by atoms with Crippen molar-refractivity contribution < 1.29 is 14.7 Å². The Labute approximate surface area is 189 Å². The number of amides is 2. The first kappa shape index (κ1) is 22.1. The van der Waals surface area contributed by atoms with Gasteiger partial charge >= 0.3 is 0 Å². The highest BCUT2D eigenvalue weighted by Crippen LogP contribution is 2.42. The number of nitrogens with zero attached hydrogens (tertiary/aromatic N) is 3. The van der Waals surface area contributed by atoms with Crippen molar-refractivity contribution in [3.8, 4) is 11.8 Å². The highest BCUT2D eigenvalue weighted by molar-refractivity contribution is 5.88. The van der Waals surface area contributed by atoms with Gasteiger partial charge in [0.1, 0.15) is 0 Å². The number of aliphatic hydroxyl groups excluding tert-OH is 1. The summed E-state index contributed by atoms with van der Waals surface area (Å²) < 4.78 is 0. The monoisotopic (exact) mass is 431 g/mol. The van der Waals surface area contributed by atoms with Crippen LogP contribution in [-0.2, 0) is 16.0 Å². The van der Waals surface area contributed by atoms with E-state index in [2.05, 4.69) is 11.8 Å². The van der Waals surface area contributed by atoms with Gasteiger partial charge in [0.05, 0.1) is 38.2 Å². The molecule has 166 valence electrons. The van der Waals surface area contributed by atoms with Crippen LogP contribution in [0, 0.1) is 11.8 Å². The zero-order chi connectivity index (χ0) is 22.7. The molecule has 4 rings (SSSR count). The molecule has 0 radical (unpaired) electrons. The predicted molar refractivity (Wildman–Crippen MR) is 123 cm³/mol. The fourth-order valence-electron chi connectivity index (χ4n) is 4.66. The van der Waals surface area contributed by atoms with Crippen LogP contribution in [0.4, 0.5) is 0 Å². The molecule has 2 amide bonds. The first-order chi connectivity index (χ1) is 15.5. The average Bonchev–Trinajstić information content (AvgIpc) is 2.76. The molecule has 6 nitrogen and oxygen atoms in total. The number of piperazine rings is 1. The smallest absolute Gasteiger partial charge is 0.242 e. The van der Waals surface area contributed by atoms with Crippen molar-refractivity contribution >= 4 is 11.8 Å².